The zero-order valence-corrected chi connectivity index (χ0v) is 12.9. The largest absolute Gasteiger partial charge is 0.238 e. The first-order valence-corrected chi connectivity index (χ1v) is 10.4. The summed E-state index contributed by atoms with van der Waals surface area (Å²) in [5, 5.41) is 3.91. The van der Waals surface area contributed by atoms with Crippen LogP contribution in [0.4, 0.5) is 0 Å². The maximum absolute atomic E-state index is 11.4. The Hall–Kier alpha value is -1.01. The Labute approximate surface area is 118 Å². The highest BCUT2D eigenvalue weighted by Crippen LogP contribution is 2.09. The van der Waals surface area contributed by atoms with E-state index in [1.165, 1.54) is 24.3 Å². The highest BCUT2D eigenvalue weighted by atomic mass is 32.3. The van der Waals surface area contributed by atoms with Crippen LogP contribution in [-0.4, -0.2) is 36.6 Å². The third-order valence-corrected chi connectivity index (χ3v) is 6.58. The molecule has 0 saturated heterocycles. The topological polar surface area (TPSA) is 140 Å². The molecule has 1 rings (SSSR count). The second-order valence-electron chi connectivity index (χ2n) is 4.17. The van der Waals surface area contributed by atoms with Crippen molar-refractivity contribution in [2.75, 3.05) is 11.3 Å². The van der Waals surface area contributed by atoms with E-state index in [1.54, 1.807) is 0 Å². The van der Waals surface area contributed by atoms with Crippen molar-refractivity contribution in [1.29, 1.82) is 0 Å². The van der Waals surface area contributed by atoms with Crippen LogP contribution in [-0.2, 0) is 36.4 Å². The number of nitrogens with one attached hydrogen (secondary N) is 1. The second-order valence-corrected chi connectivity index (χ2v) is 10.0. The summed E-state index contributed by atoms with van der Waals surface area (Å²) in [5.41, 5.74) is 0.467. The standard InChI is InChI=1S/C9H14N2O6S3/c1-18(12,13)7-19(14,15)11-6-8-2-4-9(5-3-8)20(10,16)17/h2-5,11H,6-7H2,1H3,(H2,10,16,17). The van der Waals surface area contributed by atoms with Gasteiger partial charge in [-0.05, 0) is 17.7 Å². The van der Waals surface area contributed by atoms with Crippen LogP contribution in [0.3, 0.4) is 0 Å². The van der Waals surface area contributed by atoms with Crippen LogP contribution in [0.25, 0.3) is 0 Å². The smallest absolute Gasteiger partial charge is 0.228 e. The van der Waals surface area contributed by atoms with Crippen molar-refractivity contribution in [1.82, 2.24) is 4.72 Å². The molecule has 0 fully saturated rings. The van der Waals surface area contributed by atoms with Gasteiger partial charge >= 0.3 is 0 Å². The van der Waals surface area contributed by atoms with Gasteiger partial charge in [-0.15, -0.1) is 0 Å². The summed E-state index contributed by atoms with van der Waals surface area (Å²) in [5.74, 6) is 0. The van der Waals surface area contributed by atoms with Crippen molar-refractivity contribution < 1.29 is 25.3 Å². The first-order valence-electron chi connectivity index (χ1n) is 5.16. The maximum Gasteiger partial charge on any atom is 0.238 e. The molecule has 1 aromatic carbocycles. The average Bonchev–Trinajstić information content (AvgIpc) is 2.22. The van der Waals surface area contributed by atoms with Gasteiger partial charge in [0.25, 0.3) is 0 Å². The molecule has 0 aliphatic carbocycles. The summed E-state index contributed by atoms with van der Waals surface area (Å²) in [6.45, 7) is -0.150. The summed E-state index contributed by atoms with van der Waals surface area (Å²) >= 11 is 0. The lowest BCUT2D eigenvalue weighted by atomic mass is 10.2. The van der Waals surface area contributed by atoms with Gasteiger partial charge in [0.05, 0.1) is 4.90 Å². The van der Waals surface area contributed by atoms with Crippen LogP contribution in [0.2, 0.25) is 0 Å². The summed E-state index contributed by atoms with van der Waals surface area (Å²) in [7, 11) is -11.4. The first-order chi connectivity index (χ1) is 8.89. The molecule has 0 spiro atoms. The van der Waals surface area contributed by atoms with E-state index in [0.29, 0.717) is 5.56 Å². The van der Waals surface area contributed by atoms with Crippen LogP contribution in [0.1, 0.15) is 5.56 Å². The average molecular weight is 342 g/mol. The van der Waals surface area contributed by atoms with E-state index in [0.717, 1.165) is 6.26 Å². The molecule has 114 valence electrons. The highest BCUT2D eigenvalue weighted by molar-refractivity contribution is 8.06. The molecule has 0 bridgehead atoms. The van der Waals surface area contributed by atoms with Gasteiger partial charge in [-0.25, -0.2) is 35.1 Å². The third-order valence-electron chi connectivity index (χ3n) is 2.12. The van der Waals surface area contributed by atoms with Crippen molar-refractivity contribution >= 4 is 29.9 Å². The van der Waals surface area contributed by atoms with Gasteiger partial charge < -0.3 is 0 Å². The van der Waals surface area contributed by atoms with Crippen LogP contribution in [0, 0.1) is 0 Å². The predicted molar refractivity (Wildman–Crippen MR) is 73.3 cm³/mol. The van der Waals surface area contributed by atoms with E-state index >= 15 is 0 Å². The lowest BCUT2D eigenvalue weighted by Crippen LogP contribution is -2.29. The Morgan fingerprint density at radius 1 is 1.00 bits per heavy atom. The number of sulfonamides is 2. The first kappa shape index (κ1) is 17.0. The molecule has 0 aliphatic rings. The van der Waals surface area contributed by atoms with E-state index in [4.69, 9.17) is 5.14 Å². The number of benzene rings is 1. The van der Waals surface area contributed by atoms with Crippen molar-refractivity contribution in [2.45, 2.75) is 11.4 Å². The molecule has 20 heavy (non-hydrogen) atoms. The molecule has 0 saturated carbocycles. The highest BCUT2D eigenvalue weighted by Gasteiger charge is 2.17. The van der Waals surface area contributed by atoms with Gasteiger partial charge in [-0.3, -0.25) is 0 Å². The van der Waals surface area contributed by atoms with Crippen LogP contribution in [0.15, 0.2) is 29.2 Å². The van der Waals surface area contributed by atoms with Crippen molar-refractivity contribution in [2.24, 2.45) is 5.14 Å². The zero-order valence-electron chi connectivity index (χ0n) is 10.5. The summed E-state index contributed by atoms with van der Waals surface area (Å²) in [6, 6.07) is 5.22. The van der Waals surface area contributed by atoms with Gasteiger partial charge in [0, 0.05) is 12.8 Å². The molecular formula is C9H14N2O6S3. The zero-order chi connectivity index (χ0) is 15.6. The van der Waals surface area contributed by atoms with E-state index in [9.17, 15) is 25.3 Å². The Morgan fingerprint density at radius 3 is 1.90 bits per heavy atom. The normalized spacial score (nSPS) is 13.3. The fourth-order valence-corrected chi connectivity index (χ4v) is 4.80. The molecule has 3 N–H and O–H groups in total. The second kappa shape index (κ2) is 5.77. The van der Waals surface area contributed by atoms with E-state index in [1.807, 2.05) is 0 Å². The minimum Gasteiger partial charge on any atom is -0.228 e. The summed E-state index contributed by atoms with van der Waals surface area (Å²) in [4.78, 5) is -0.0970. The third kappa shape index (κ3) is 5.96. The number of sulfone groups is 1. The number of primary sulfonamides is 1. The monoisotopic (exact) mass is 342 g/mol. The molecule has 0 aliphatic heterocycles. The van der Waals surface area contributed by atoms with Crippen molar-refractivity contribution in [3.05, 3.63) is 29.8 Å². The predicted octanol–water partition coefficient (Wildman–Crippen LogP) is -1.24. The molecule has 8 nitrogen and oxygen atoms in total. The van der Waals surface area contributed by atoms with Gasteiger partial charge in [-0.2, -0.15) is 0 Å². The number of hydrogen-bond donors (Lipinski definition) is 2. The van der Waals surface area contributed by atoms with Crippen molar-refractivity contribution in [3.8, 4) is 0 Å². The van der Waals surface area contributed by atoms with E-state index in [-0.39, 0.29) is 11.4 Å². The molecule has 0 unspecified atom stereocenters. The van der Waals surface area contributed by atoms with E-state index in [2.05, 4.69) is 4.72 Å². The minimum absolute atomic E-state index is 0.0970. The van der Waals surface area contributed by atoms with Crippen LogP contribution in [0.5, 0.6) is 0 Å². The van der Waals surface area contributed by atoms with Crippen LogP contribution >= 0.6 is 0 Å². The quantitative estimate of drug-likeness (QED) is 0.662. The molecule has 0 heterocycles. The Morgan fingerprint density at radius 2 is 1.50 bits per heavy atom. The summed E-state index contributed by atoms with van der Waals surface area (Å²) in [6.07, 6.45) is 0.813. The summed E-state index contributed by atoms with van der Waals surface area (Å²) < 4.78 is 68.8. The molecule has 0 radical (unpaired) electrons. The lowest BCUT2D eigenvalue weighted by molar-refractivity contribution is 0.580. The molecule has 0 atom stereocenters. The van der Waals surface area contributed by atoms with Gasteiger partial charge in [-0.1, -0.05) is 12.1 Å². The van der Waals surface area contributed by atoms with Crippen molar-refractivity contribution in [3.63, 3.8) is 0 Å². The lowest BCUT2D eigenvalue weighted by Gasteiger charge is -2.06. The van der Waals surface area contributed by atoms with Crippen LogP contribution < -0.4 is 9.86 Å². The number of hydrogen-bond acceptors (Lipinski definition) is 6. The van der Waals surface area contributed by atoms with E-state index < -0.39 is 35.0 Å². The number of nitrogens with two attached hydrogens (primary N) is 1. The van der Waals surface area contributed by atoms with Gasteiger partial charge in [0.15, 0.2) is 14.9 Å². The fraction of sp³-hybridized carbons (Fsp3) is 0.333. The molecule has 11 heteroatoms. The van der Waals surface area contributed by atoms with Gasteiger partial charge in [0.2, 0.25) is 20.0 Å². The van der Waals surface area contributed by atoms with Gasteiger partial charge in [0.1, 0.15) is 0 Å². The Balaban J connectivity index is 2.77. The molecule has 1 aromatic rings. The SMILES string of the molecule is CS(=O)(=O)CS(=O)(=O)NCc1ccc(S(N)(=O)=O)cc1. The Kier molecular flexibility index (Phi) is 4.92. The molecule has 0 amide bonds. The molecule has 0 aromatic heterocycles. The maximum atomic E-state index is 11.4. The fourth-order valence-electron chi connectivity index (χ4n) is 1.31. The minimum atomic E-state index is -3.96. The Bertz CT molecular complexity index is 779. The number of rotatable bonds is 6. The molecular weight excluding hydrogens is 328 g/mol.